The van der Waals surface area contributed by atoms with E-state index in [2.05, 4.69) is 29.4 Å². The van der Waals surface area contributed by atoms with Gasteiger partial charge in [-0.05, 0) is 30.7 Å². The van der Waals surface area contributed by atoms with E-state index in [-0.39, 0.29) is 11.5 Å². The number of H-pyrrole nitrogens is 1. The van der Waals surface area contributed by atoms with E-state index in [1.165, 1.54) is 12.8 Å². The number of aryl methyl sites for hydroxylation is 1. The predicted octanol–water partition coefficient (Wildman–Crippen LogP) is 3.60. The first-order valence-electron chi connectivity index (χ1n) is 10.3. The highest BCUT2D eigenvalue weighted by atomic mass is 16.1. The molecule has 0 radical (unpaired) electrons. The van der Waals surface area contributed by atoms with Gasteiger partial charge in [-0.25, -0.2) is 5.10 Å². The molecule has 3 aromatic rings. The van der Waals surface area contributed by atoms with Crippen LogP contribution in [-0.4, -0.2) is 26.7 Å². The Balaban J connectivity index is 1.47. The first-order chi connectivity index (χ1) is 13.6. The van der Waals surface area contributed by atoms with Crippen molar-refractivity contribution in [2.75, 3.05) is 0 Å². The molecule has 2 aromatic heterocycles. The summed E-state index contributed by atoms with van der Waals surface area (Å²) in [6, 6.07) is 8.25. The first-order valence-corrected chi connectivity index (χ1v) is 10.3. The molecule has 0 saturated heterocycles. The molecule has 6 heteroatoms. The maximum Gasteiger partial charge on any atom is 0.288 e. The molecule has 1 aromatic carbocycles. The van der Waals surface area contributed by atoms with Crippen LogP contribution < -0.4 is 10.9 Å². The second-order valence-electron chi connectivity index (χ2n) is 8.18. The second kappa shape index (κ2) is 7.78. The summed E-state index contributed by atoms with van der Waals surface area (Å²) in [5, 5.41) is 11.6. The van der Waals surface area contributed by atoms with E-state index in [0.29, 0.717) is 42.8 Å². The number of aromatic nitrogens is 3. The SMILES string of the molecule is C[C@H]1[C@H](C)CCC[C@@H]1NC(=O)CCCn1c2ccccc2c2cn[nH]c(=O)c21. The molecule has 0 aliphatic heterocycles. The fraction of sp³-hybridized carbons (Fsp3) is 0.500. The van der Waals surface area contributed by atoms with Gasteiger partial charge >= 0.3 is 0 Å². The number of carbonyl (C=O) groups is 1. The van der Waals surface area contributed by atoms with Gasteiger partial charge in [0.15, 0.2) is 0 Å². The first kappa shape index (κ1) is 18.7. The largest absolute Gasteiger partial charge is 0.353 e. The number of rotatable bonds is 5. The molecule has 148 valence electrons. The molecular formula is C22H28N4O2. The van der Waals surface area contributed by atoms with Crippen molar-refractivity contribution in [2.24, 2.45) is 11.8 Å². The second-order valence-corrected chi connectivity index (χ2v) is 8.18. The molecular weight excluding hydrogens is 352 g/mol. The molecule has 6 nitrogen and oxygen atoms in total. The van der Waals surface area contributed by atoms with Crippen LogP contribution in [0.15, 0.2) is 35.3 Å². The zero-order chi connectivity index (χ0) is 19.7. The van der Waals surface area contributed by atoms with Crippen molar-refractivity contribution in [1.82, 2.24) is 20.1 Å². The number of nitrogens with zero attached hydrogens (tertiary/aromatic N) is 2. The predicted molar refractivity (Wildman–Crippen MR) is 111 cm³/mol. The normalized spacial score (nSPS) is 22.6. The van der Waals surface area contributed by atoms with Crippen molar-refractivity contribution in [2.45, 2.75) is 58.5 Å². The highest BCUT2D eigenvalue weighted by Gasteiger charge is 2.27. The Kier molecular flexibility index (Phi) is 5.20. The highest BCUT2D eigenvalue weighted by Crippen LogP contribution is 2.30. The van der Waals surface area contributed by atoms with Gasteiger partial charge < -0.3 is 9.88 Å². The monoisotopic (exact) mass is 380 g/mol. The van der Waals surface area contributed by atoms with Gasteiger partial charge in [-0.2, -0.15) is 5.10 Å². The Morgan fingerprint density at radius 2 is 2.07 bits per heavy atom. The number of fused-ring (bicyclic) bond motifs is 3. The highest BCUT2D eigenvalue weighted by molar-refractivity contribution is 6.07. The van der Waals surface area contributed by atoms with Crippen LogP contribution >= 0.6 is 0 Å². The van der Waals surface area contributed by atoms with E-state index in [1.54, 1.807) is 6.20 Å². The van der Waals surface area contributed by atoms with Gasteiger partial charge in [0.2, 0.25) is 5.91 Å². The lowest BCUT2D eigenvalue weighted by molar-refractivity contribution is -0.122. The Morgan fingerprint density at radius 1 is 1.25 bits per heavy atom. The molecule has 1 saturated carbocycles. The topological polar surface area (TPSA) is 79.8 Å². The van der Waals surface area contributed by atoms with Crippen LogP contribution in [0.5, 0.6) is 0 Å². The zero-order valence-electron chi connectivity index (χ0n) is 16.6. The summed E-state index contributed by atoms with van der Waals surface area (Å²) >= 11 is 0. The van der Waals surface area contributed by atoms with E-state index in [9.17, 15) is 9.59 Å². The van der Waals surface area contributed by atoms with Gasteiger partial charge in [-0.3, -0.25) is 9.59 Å². The Morgan fingerprint density at radius 3 is 2.93 bits per heavy atom. The number of aromatic amines is 1. The average Bonchev–Trinajstić information content (AvgIpc) is 3.01. The number of hydrogen-bond acceptors (Lipinski definition) is 3. The maximum absolute atomic E-state index is 12.5. The number of amides is 1. The smallest absolute Gasteiger partial charge is 0.288 e. The van der Waals surface area contributed by atoms with Crippen LogP contribution in [0.2, 0.25) is 0 Å². The van der Waals surface area contributed by atoms with Gasteiger partial charge in [-0.1, -0.05) is 44.9 Å². The van der Waals surface area contributed by atoms with Crippen molar-refractivity contribution in [1.29, 1.82) is 0 Å². The standard InChI is InChI=1S/C22H28N4O2/c1-14-7-5-9-18(15(14)2)24-20(27)11-6-12-26-19-10-4-3-8-16(19)17-13-23-25-22(28)21(17)26/h3-4,8,10,13-15,18H,5-7,9,11-12H2,1-2H3,(H,24,27)(H,25,28)/t14-,15+,18+/m1/s1. The fourth-order valence-electron chi connectivity index (χ4n) is 4.61. The maximum atomic E-state index is 12.5. The number of benzene rings is 1. The van der Waals surface area contributed by atoms with Crippen LogP contribution in [0.4, 0.5) is 0 Å². The number of carbonyl (C=O) groups excluding carboxylic acids is 1. The summed E-state index contributed by atoms with van der Waals surface area (Å²) in [5.41, 5.74) is 1.45. The zero-order valence-corrected chi connectivity index (χ0v) is 16.6. The molecule has 2 heterocycles. The van der Waals surface area contributed by atoms with E-state index in [4.69, 9.17) is 0 Å². The Bertz CT molecular complexity index is 1050. The fourth-order valence-corrected chi connectivity index (χ4v) is 4.61. The van der Waals surface area contributed by atoms with Crippen molar-refractivity contribution in [3.63, 3.8) is 0 Å². The minimum absolute atomic E-state index is 0.113. The molecule has 1 aliphatic rings. The summed E-state index contributed by atoms with van der Waals surface area (Å²) in [5.74, 6) is 1.31. The van der Waals surface area contributed by atoms with Gasteiger partial charge in [0, 0.05) is 35.3 Å². The van der Waals surface area contributed by atoms with E-state index in [1.807, 2.05) is 28.8 Å². The number of hydrogen-bond donors (Lipinski definition) is 2. The summed E-state index contributed by atoms with van der Waals surface area (Å²) in [7, 11) is 0. The molecule has 28 heavy (non-hydrogen) atoms. The molecule has 4 rings (SSSR count). The van der Waals surface area contributed by atoms with Crippen molar-refractivity contribution >= 4 is 27.7 Å². The molecule has 1 amide bonds. The lowest BCUT2D eigenvalue weighted by atomic mass is 9.78. The minimum Gasteiger partial charge on any atom is -0.353 e. The lowest BCUT2D eigenvalue weighted by Crippen LogP contribution is -2.43. The van der Waals surface area contributed by atoms with Crippen LogP contribution in [-0.2, 0) is 11.3 Å². The van der Waals surface area contributed by atoms with Crippen LogP contribution in [0, 0.1) is 11.8 Å². The van der Waals surface area contributed by atoms with Crippen molar-refractivity contribution in [3.05, 3.63) is 40.8 Å². The van der Waals surface area contributed by atoms with Crippen LogP contribution in [0.1, 0.15) is 46.0 Å². The molecule has 0 spiro atoms. The molecule has 1 aliphatic carbocycles. The van der Waals surface area contributed by atoms with Crippen molar-refractivity contribution in [3.8, 4) is 0 Å². The van der Waals surface area contributed by atoms with Crippen LogP contribution in [0.3, 0.4) is 0 Å². The molecule has 2 N–H and O–H groups in total. The molecule has 3 atom stereocenters. The minimum atomic E-state index is -0.192. The van der Waals surface area contributed by atoms with E-state index < -0.39 is 0 Å². The van der Waals surface area contributed by atoms with Gasteiger partial charge in [0.25, 0.3) is 5.56 Å². The molecule has 1 fully saturated rings. The average molecular weight is 380 g/mol. The van der Waals surface area contributed by atoms with Gasteiger partial charge in [0.1, 0.15) is 5.52 Å². The Hall–Kier alpha value is -2.63. The molecule has 0 bridgehead atoms. The summed E-state index contributed by atoms with van der Waals surface area (Å²) in [6.07, 6.45) is 6.38. The third kappa shape index (κ3) is 3.43. The summed E-state index contributed by atoms with van der Waals surface area (Å²) in [6.45, 7) is 5.14. The third-order valence-electron chi connectivity index (χ3n) is 6.42. The summed E-state index contributed by atoms with van der Waals surface area (Å²) < 4.78 is 2.02. The van der Waals surface area contributed by atoms with E-state index >= 15 is 0 Å². The Labute approximate surface area is 164 Å². The van der Waals surface area contributed by atoms with E-state index in [0.717, 1.165) is 22.7 Å². The lowest BCUT2D eigenvalue weighted by Gasteiger charge is -2.34. The number of nitrogens with one attached hydrogen (secondary N) is 2. The van der Waals surface area contributed by atoms with Gasteiger partial charge in [0.05, 0.1) is 6.20 Å². The third-order valence-corrected chi connectivity index (χ3v) is 6.42. The van der Waals surface area contributed by atoms with Gasteiger partial charge in [-0.15, -0.1) is 0 Å². The summed E-state index contributed by atoms with van der Waals surface area (Å²) in [4.78, 5) is 24.9. The van der Waals surface area contributed by atoms with Crippen molar-refractivity contribution < 1.29 is 4.79 Å². The van der Waals surface area contributed by atoms with Crippen LogP contribution in [0.25, 0.3) is 21.8 Å². The number of para-hydroxylation sites is 1. The quantitative estimate of drug-likeness (QED) is 0.710. The molecule has 0 unspecified atom stereocenters.